The number of hydrogen-bond donors (Lipinski definition) is 0. The number of benzene rings is 1. The molecule has 0 unspecified atom stereocenters. The van der Waals surface area contributed by atoms with Crippen LogP contribution in [0.25, 0.3) is 22.3 Å². The van der Waals surface area contributed by atoms with Gasteiger partial charge in [-0.25, -0.2) is 18.7 Å². The minimum absolute atomic E-state index is 0.0489. The van der Waals surface area contributed by atoms with Gasteiger partial charge >= 0.3 is 0 Å². The number of rotatable bonds is 7. The molecule has 0 spiro atoms. The van der Waals surface area contributed by atoms with Crippen LogP contribution in [0.5, 0.6) is 5.75 Å². The summed E-state index contributed by atoms with van der Waals surface area (Å²) in [5, 5.41) is 4.40. The van der Waals surface area contributed by atoms with Crippen molar-refractivity contribution in [2.75, 3.05) is 18.0 Å². The molecule has 192 valence electrons. The van der Waals surface area contributed by atoms with Crippen molar-refractivity contribution in [3.05, 3.63) is 60.2 Å². The Hall–Kier alpha value is -3.95. The van der Waals surface area contributed by atoms with Crippen molar-refractivity contribution in [1.82, 2.24) is 24.7 Å². The van der Waals surface area contributed by atoms with Gasteiger partial charge in [0.2, 0.25) is 0 Å². The zero-order valence-electron chi connectivity index (χ0n) is 21.0. The van der Waals surface area contributed by atoms with E-state index in [2.05, 4.69) is 15.0 Å². The summed E-state index contributed by atoms with van der Waals surface area (Å²) in [5.41, 5.74) is 3.06. The third kappa shape index (κ3) is 5.14. The second-order valence-corrected chi connectivity index (χ2v) is 9.44. The molecule has 4 heterocycles. The van der Waals surface area contributed by atoms with Gasteiger partial charge in [-0.15, -0.1) is 0 Å². The molecule has 10 heteroatoms. The maximum absolute atomic E-state index is 14.1. The molecule has 0 atom stereocenters. The van der Waals surface area contributed by atoms with Gasteiger partial charge in [0, 0.05) is 56.2 Å². The van der Waals surface area contributed by atoms with E-state index in [-0.39, 0.29) is 23.6 Å². The summed E-state index contributed by atoms with van der Waals surface area (Å²) in [5.74, 6) is -0.844. The van der Waals surface area contributed by atoms with E-state index in [1.54, 1.807) is 18.5 Å². The Morgan fingerprint density at radius 2 is 1.89 bits per heavy atom. The van der Waals surface area contributed by atoms with Crippen LogP contribution in [0, 0.1) is 17.6 Å². The maximum Gasteiger partial charge on any atom is 0.183 e. The molecule has 5 rings (SSSR count). The summed E-state index contributed by atoms with van der Waals surface area (Å²) in [4.78, 5) is 28.8. The number of piperidine rings is 1. The quantitative estimate of drug-likeness (QED) is 0.323. The molecule has 8 nitrogen and oxygen atoms in total. The number of nitrogens with zero attached hydrogens (tertiary/aromatic N) is 6. The van der Waals surface area contributed by atoms with E-state index in [4.69, 9.17) is 14.7 Å². The maximum atomic E-state index is 14.1. The molecule has 1 fully saturated rings. The van der Waals surface area contributed by atoms with Gasteiger partial charge < -0.3 is 9.64 Å². The summed E-state index contributed by atoms with van der Waals surface area (Å²) in [7, 11) is 0. The molecular formula is C27H28F2N6O2. The highest BCUT2D eigenvalue weighted by Crippen LogP contribution is 2.32. The number of fused-ring (bicyclic) bond motifs is 1. The molecule has 4 aromatic rings. The summed E-state index contributed by atoms with van der Waals surface area (Å²) in [6, 6.07) is 5.03. The first kappa shape index (κ1) is 24.7. The van der Waals surface area contributed by atoms with Gasteiger partial charge in [-0.1, -0.05) is 13.8 Å². The number of carbonyl (C=O) groups is 1. The van der Waals surface area contributed by atoms with Crippen LogP contribution in [0.4, 0.5) is 14.6 Å². The molecule has 1 aliphatic rings. The number of hydrogen-bond acceptors (Lipinski definition) is 7. The first-order chi connectivity index (χ1) is 17.8. The third-order valence-corrected chi connectivity index (χ3v) is 6.47. The SMILES string of the molecule is CCn1cc(-c2nc3cnc(C(=O)C(C)C)cc3nc2N2CCC(Oc3ccc(F)cc3F)CC2)cn1. The normalized spacial score (nSPS) is 14.5. The number of Topliss-reactive ketones (excluding diaryl/α,β-unsaturated/α-hetero) is 1. The number of anilines is 1. The number of pyridine rings is 1. The zero-order valence-corrected chi connectivity index (χ0v) is 21.0. The average molecular weight is 507 g/mol. The molecule has 0 N–H and O–H groups in total. The lowest BCUT2D eigenvalue weighted by Gasteiger charge is -2.33. The lowest BCUT2D eigenvalue weighted by Crippen LogP contribution is -2.39. The van der Waals surface area contributed by atoms with Crippen LogP contribution < -0.4 is 9.64 Å². The summed E-state index contributed by atoms with van der Waals surface area (Å²) in [6.45, 7) is 7.61. The van der Waals surface area contributed by atoms with Crippen LogP contribution in [-0.2, 0) is 6.54 Å². The van der Waals surface area contributed by atoms with E-state index in [1.165, 1.54) is 12.1 Å². The molecule has 1 saturated heterocycles. The molecule has 0 aliphatic carbocycles. The van der Waals surface area contributed by atoms with Gasteiger partial charge in [-0.05, 0) is 25.1 Å². The van der Waals surface area contributed by atoms with E-state index in [0.29, 0.717) is 54.2 Å². The minimum atomic E-state index is -0.710. The Bertz CT molecular complexity index is 1450. The number of aromatic nitrogens is 5. The van der Waals surface area contributed by atoms with Crippen molar-refractivity contribution in [1.29, 1.82) is 0 Å². The van der Waals surface area contributed by atoms with E-state index in [0.717, 1.165) is 18.2 Å². The predicted molar refractivity (Wildman–Crippen MR) is 136 cm³/mol. The van der Waals surface area contributed by atoms with Crippen molar-refractivity contribution in [3.8, 4) is 17.0 Å². The number of ketones is 1. The number of carbonyl (C=O) groups excluding carboxylic acids is 1. The lowest BCUT2D eigenvalue weighted by molar-refractivity contribution is 0.0934. The molecule has 3 aromatic heterocycles. The predicted octanol–water partition coefficient (Wildman–Crippen LogP) is 5.07. The Kier molecular flexibility index (Phi) is 6.82. The topological polar surface area (TPSA) is 86.0 Å². The molecule has 37 heavy (non-hydrogen) atoms. The fourth-order valence-corrected chi connectivity index (χ4v) is 4.39. The standard InChI is InChI=1S/C27H28F2N6O2/c1-4-35-15-17(13-31-35)25-27(33-21-12-22(26(36)16(2)3)30-14-23(21)32-25)34-9-7-19(8-10-34)37-24-6-5-18(28)11-20(24)29/h5-6,11-16,19H,4,7-10H2,1-3H3. The zero-order chi connectivity index (χ0) is 26.1. The lowest BCUT2D eigenvalue weighted by atomic mass is 10.1. The number of aryl methyl sites for hydroxylation is 1. The fraction of sp³-hybridized carbons (Fsp3) is 0.370. The van der Waals surface area contributed by atoms with E-state index >= 15 is 0 Å². The molecule has 0 radical (unpaired) electrons. The van der Waals surface area contributed by atoms with E-state index < -0.39 is 11.6 Å². The molecule has 0 amide bonds. The molecule has 0 saturated carbocycles. The van der Waals surface area contributed by atoms with Crippen LogP contribution in [0.2, 0.25) is 0 Å². The second kappa shape index (κ2) is 10.2. The second-order valence-electron chi connectivity index (χ2n) is 9.44. The average Bonchev–Trinajstić information content (AvgIpc) is 3.38. The largest absolute Gasteiger partial charge is 0.487 e. The van der Waals surface area contributed by atoms with Gasteiger partial charge in [0.05, 0.1) is 17.9 Å². The van der Waals surface area contributed by atoms with Gasteiger partial charge in [0.25, 0.3) is 0 Å². The van der Waals surface area contributed by atoms with Crippen LogP contribution in [0.3, 0.4) is 0 Å². The highest BCUT2D eigenvalue weighted by Gasteiger charge is 2.26. The van der Waals surface area contributed by atoms with Gasteiger partial charge in [0.15, 0.2) is 23.2 Å². The summed E-state index contributed by atoms with van der Waals surface area (Å²) < 4.78 is 35.0. The number of ether oxygens (including phenoxy) is 1. The van der Waals surface area contributed by atoms with Crippen molar-refractivity contribution >= 4 is 22.6 Å². The molecule has 0 bridgehead atoms. The monoisotopic (exact) mass is 506 g/mol. The van der Waals surface area contributed by atoms with Crippen LogP contribution >= 0.6 is 0 Å². The van der Waals surface area contributed by atoms with Crippen molar-refractivity contribution in [2.24, 2.45) is 5.92 Å². The fourth-order valence-electron chi connectivity index (χ4n) is 4.39. The van der Waals surface area contributed by atoms with Gasteiger partial charge in [0.1, 0.15) is 28.8 Å². The smallest absolute Gasteiger partial charge is 0.183 e. The highest BCUT2D eigenvalue weighted by atomic mass is 19.1. The Morgan fingerprint density at radius 1 is 1.11 bits per heavy atom. The summed E-state index contributed by atoms with van der Waals surface area (Å²) in [6.07, 6.45) is 6.31. The minimum Gasteiger partial charge on any atom is -0.487 e. The first-order valence-corrected chi connectivity index (χ1v) is 12.4. The van der Waals surface area contributed by atoms with Crippen LogP contribution in [0.1, 0.15) is 44.1 Å². The van der Waals surface area contributed by atoms with E-state index in [9.17, 15) is 13.6 Å². The Morgan fingerprint density at radius 3 is 2.57 bits per heavy atom. The van der Waals surface area contributed by atoms with Gasteiger partial charge in [-0.2, -0.15) is 5.10 Å². The number of halogens is 2. The van der Waals surface area contributed by atoms with Crippen molar-refractivity contribution in [2.45, 2.75) is 46.3 Å². The Balaban J connectivity index is 1.45. The summed E-state index contributed by atoms with van der Waals surface area (Å²) >= 11 is 0. The van der Waals surface area contributed by atoms with Crippen LogP contribution in [0.15, 0.2) is 42.9 Å². The van der Waals surface area contributed by atoms with E-state index in [1.807, 2.05) is 31.6 Å². The van der Waals surface area contributed by atoms with Crippen molar-refractivity contribution < 1.29 is 18.3 Å². The molecule has 1 aliphatic heterocycles. The Labute approximate surface area is 213 Å². The van der Waals surface area contributed by atoms with Gasteiger partial charge in [-0.3, -0.25) is 14.5 Å². The molecular weight excluding hydrogens is 478 g/mol. The third-order valence-electron chi connectivity index (χ3n) is 6.47. The first-order valence-electron chi connectivity index (χ1n) is 12.4. The van der Waals surface area contributed by atoms with Crippen LogP contribution in [-0.4, -0.2) is 49.7 Å². The highest BCUT2D eigenvalue weighted by molar-refractivity contribution is 5.98. The van der Waals surface area contributed by atoms with Crippen molar-refractivity contribution in [3.63, 3.8) is 0 Å². The molecule has 1 aromatic carbocycles.